The molecule has 2 unspecified atom stereocenters. The molecule has 122 valence electrons. The second-order valence-corrected chi connectivity index (χ2v) is 6.55. The standard InChI is InChI=1S/C16H21F2NO3/c1-16(2,3)19-15(20)22-8-9-7-10(9)13-12(21-4)6-5-11(17)14(13)18/h5-6,9-10H,7-8H2,1-4H3,(H,19,20). The van der Waals surface area contributed by atoms with E-state index in [1.165, 1.54) is 13.2 Å². The van der Waals surface area contributed by atoms with Crippen LogP contribution in [0.25, 0.3) is 0 Å². The van der Waals surface area contributed by atoms with Crippen molar-refractivity contribution in [2.75, 3.05) is 13.7 Å². The minimum atomic E-state index is -0.896. The molecule has 0 saturated heterocycles. The molecule has 2 rings (SSSR count). The molecule has 0 aliphatic heterocycles. The van der Waals surface area contributed by atoms with Gasteiger partial charge in [-0.25, -0.2) is 13.6 Å². The number of ether oxygens (including phenoxy) is 2. The monoisotopic (exact) mass is 313 g/mol. The molecule has 1 N–H and O–H groups in total. The lowest BCUT2D eigenvalue weighted by Crippen LogP contribution is -2.41. The Morgan fingerprint density at radius 2 is 2.05 bits per heavy atom. The summed E-state index contributed by atoms with van der Waals surface area (Å²) < 4.78 is 37.6. The number of hydrogen-bond acceptors (Lipinski definition) is 3. The predicted molar refractivity (Wildman–Crippen MR) is 78.0 cm³/mol. The van der Waals surface area contributed by atoms with E-state index in [1.54, 1.807) is 0 Å². The molecule has 1 saturated carbocycles. The molecule has 0 aromatic heterocycles. The predicted octanol–water partition coefficient (Wildman–Crippen LogP) is 3.60. The van der Waals surface area contributed by atoms with Crippen molar-refractivity contribution in [3.8, 4) is 5.75 Å². The van der Waals surface area contributed by atoms with Crippen LogP contribution in [0.3, 0.4) is 0 Å². The molecule has 1 aliphatic rings. The van der Waals surface area contributed by atoms with Crippen LogP contribution in [0.2, 0.25) is 0 Å². The number of carbonyl (C=O) groups is 1. The van der Waals surface area contributed by atoms with E-state index in [0.29, 0.717) is 12.2 Å². The Kier molecular flexibility index (Phi) is 4.58. The molecule has 1 amide bonds. The van der Waals surface area contributed by atoms with E-state index >= 15 is 0 Å². The number of methoxy groups -OCH3 is 1. The fourth-order valence-electron chi connectivity index (χ4n) is 2.38. The van der Waals surface area contributed by atoms with Crippen molar-refractivity contribution in [3.05, 3.63) is 29.3 Å². The van der Waals surface area contributed by atoms with Gasteiger partial charge in [-0.15, -0.1) is 0 Å². The third kappa shape index (κ3) is 3.87. The molecule has 0 heterocycles. The van der Waals surface area contributed by atoms with Gasteiger partial charge < -0.3 is 14.8 Å². The van der Waals surface area contributed by atoms with Crippen LogP contribution in [0.4, 0.5) is 13.6 Å². The average molecular weight is 313 g/mol. The number of alkyl carbamates (subject to hydrolysis) is 1. The Labute approximate surface area is 128 Å². The normalized spacial score (nSPS) is 20.5. The second-order valence-electron chi connectivity index (χ2n) is 6.55. The van der Waals surface area contributed by atoms with Crippen molar-refractivity contribution >= 4 is 6.09 Å². The zero-order valence-corrected chi connectivity index (χ0v) is 13.2. The maximum absolute atomic E-state index is 14.0. The van der Waals surface area contributed by atoms with Crippen LogP contribution >= 0.6 is 0 Å². The highest BCUT2D eigenvalue weighted by molar-refractivity contribution is 5.68. The first kappa shape index (κ1) is 16.5. The summed E-state index contributed by atoms with van der Waals surface area (Å²) in [6, 6.07) is 2.46. The van der Waals surface area contributed by atoms with Gasteiger partial charge in [0.25, 0.3) is 0 Å². The van der Waals surface area contributed by atoms with Gasteiger partial charge in [-0.1, -0.05) is 0 Å². The Bertz CT molecular complexity index is 569. The Balaban J connectivity index is 1.96. The maximum atomic E-state index is 14.0. The van der Waals surface area contributed by atoms with Gasteiger partial charge in [-0.05, 0) is 45.2 Å². The second kappa shape index (κ2) is 6.10. The minimum Gasteiger partial charge on any atom is -0.496 e. The quantitative estimate of drug-likeness (QED) is 0.924. The first-order chi connectivity index (χ1) is 10.2. The van der Waals surface area contributed by atoms with E-state index in [9.17, 15) is 13.6 Å². The number of halogens is 2. The minimum absolute atomic E-state index is 0.0177. The number of rotatable bonds is 4. The first-order valence-electron chi connectivity index (χ1n) is 7.19. The summed E-state index contributed by atoms with van der Waals surface area (Å²) >= 11 is 0. The SMILES string of the molecule is COc1ccc(F)c(F)c1C1CC1COC(=O)NC(C)(C)C. The summed E-state index contributed by atoms with van der Waals surface area (Å²) in [4.78, 5) is 11.6. The molecule has 0 spiro atoms. The molecule has 0 radical (unpaired) electrons. The third-order valence-corrected chi connectivity index (χ3v) is 3.51. The maximum Gasteiger partial charge on any atom is 0.407 e. The molecule has 22 heavy (non-hydrogen) atoms. The van der Waals surface area contributed by atoms with Crippen LogP contribution in [0.15, 0.2) is 12.1 Å². The van der Waals surface area contributed by atoms with Gasteiger partial charge in [0, 0.05) is 17.0 Å². The highest BCUT2D eigenvalue weighted by Crippen LogP contribution is 2.51. The van der Waals surface area contributed by atoms with Crippen molar-refractivity contribution in [3.63, 3.8) is 0 Å². The van der Waals surface area contributed by atoms with Gasteiger partial charge in [0.1, 0.15) is 5.75 Å². The molecule has 1 aliphatic carbocycles. The van der Waals surface area contributed by atoms with Gasteiger partial charge in [-0.2, -0.15) is 0 Å². The van der Waals surface area contributed by atoms with Crippen LogP contribution < -0.4 is 10.1 Å². The van der Waals surface area contributed by atoms with Gasteiger partial charge in [-0.3, -0.25) is 0 Å². The van der Waals surface area contributed by atoms with Gasteiger partial charge in [0.2, 0.25) is 0 Å². The van der Waals surface area contributed by atoms with Crippen molar-refractivity contribution in [1.29, 1.82) is 0 Å². The zero-order chi connectivity index (χ0) is 16.5. The Morgan fingerprint density at radius 3 is 2.64 bits per heavy atom. The van der Waals surface area contributed by atoms with E-state index in [1.807, 2.05) is 20.8 Å². The van der Waals surface area contributed by atoms with E-state index in [-0.39, 0.29) is 29.5 Å². The molecule has 4 nitrogen and oxygen atoms in total. The number of benzene rings is 1. The summed E-state index contributed by atoms with van der Waals surface area (Å²) in [7, 11) is 1.42. The number of carbonyl (C=O) groups excluding carboxylic acids is 1. The first-order valence-corrected chi connectivity index (χ1v) is 7.19. The fraction of sp³-hybridized carbons (Fsp3) is 0.562. The lowest BCUT2D eigenvalue weighted by atomic mass is 10.1. The number of amides is 1. The summed E-state index contributed by atoms with van der Waals surface area (Å²) in [6.45, 7) is 5.72. The lowest BCUT2D eigenvalue weighted by Gasteiger charge is -2.20. The van der Waals surface area contributed by atoms with Crippen LogP contribution in [0.5, 0.6) is 5.75 Å². The van der Waals surface area contributed by atoms with Crippen molar-refractivity contribution in [2.45, 2.75) is 38.6 Å². The highest BCUT2D eigenvalue weighted by Gasteiger charge is 2.43. The molecule has 1 fully saturated rings. The molecular weight excluding hydrogens is 292 g/mol. The van der Waals surface area contributed by atoms with Crippen LogP contribution in [0.1, 0.15) is 38.7 Å². The van der Waals surface area contributed by atoms with E-state index in [0.717, 1.165) is 6.07 Å². The summed E-state index contributed by atoms with van der Waals surface area (Å²) in [6.07, 6.45) is 0.129. The summed E-state index contributed by atoms with van der Waals surface area (Å²) in [5.41, 5.74) is -0.148. The van der Waals surface area contributed by atoms with Crippen molar-refractivity contribution in [2.24, 2.45) is 5.92 Å². The molecule has 0 bridgehead atoms. The summed E-state index contributed by atoms with van der Waals surface area (Å²) in [5.74, 6) is -1.66. The van der Waals surface area contributed by atoms with E-state index < -0.39 is 17.7 Å². The Hall–Kier alpha value is -1.85. The molecule has 1 aromatic carbocycles. The lowest BCUT2D eigenvalue weighted by molar-refractivity contribution is 0.132. The van der Waals surface area contributed by atoms with E-state index in [4.69, 9.17) is 9.47 Å². The third-order valence-electron chi connectivity index (χ3n) is 3.51. The molecule has 1 aromatic rings. The molecule has 6 heteroatoms. The topological polar surface area (TPSA) is 47.6 Å². The highest BCUT2D eigenvalue weighted by atomic mass is 19.2. The van der Waals surface area contributed by atoms with Gasteiger partial charge >= 0.3 is 6.09 Å². The number of nitrogens with one attached hydrogen (secondary N) is 1. The van der Waals surface area contributed by atoms with Crippen molar-refractivity contribution in [1.82, 2.24) is 5.32 Å². The van der Waals surface area contributed by atoms with Gasteiger partial charge in [0.05, 0.1) is 13.7 Å². The Morgan fingerprint density at radius 1 is 1.36 bits per heavy atom. The summed E-state index contributed by atoms with van der Waals surface area (Å²) in [5, 5.41) is 2.68. The molecule has 2 atom stereocenters. The fourth-order valence-corrected chi connectivity index (χ4v) is 2.38. The smallest absolute Gasteiger partial charge is 0.407 e. The van der Waals surface area contributed by atoms with Crippen molar-refractivity contribution < 1.29 is 23.0 Å². The van der Waals surface area contributed by atoms with E-state index in [2.05, 4.69) is 5.32 Å². The zero-order valence-electron chi connectivity index (χ0n) is 13.2. The van der Waals surface area contributed by atoms with Gasteiger partial charge in [0.15, 0.2) is 11.6 Å². The molecular formula is C16H21F2NO3. The van der Waals surface area contributed by atoms with Crippen LogP contribution in [-0.4, -0.2) is 25.3 Å². The van der Waals surface area contributed by atoms with Crippen LogP contribution in [0, 0.1) is 17.6 Å². The number of hydrogen-bond donors (Lipinski definition) is 1. The largest absolute Gasteiger partial charge is 0.496 e. The average Bonchev–Trinajstić information content (AvgIpc) is 3.16. The van der Waals surface area contributed by atoms with Crippen LogP contribution in [-0.2, 0) is 4.74 Å².